The topological polar surface area (TPSA) is 3.24 Å². The van der Waals surface area contributed by atoms with Gasteiger partial charge >= 0.3 is 0 Å². The third-order valence-electron chi connectivity index (χ3n) is 1.96. The first kappa shape index (κ1) is 6.64. The summed E-state index contributed by atoms with van der Waals surface area (Å²) in [6, 6.07) is 0.440. The van der Waals surface area contributed by atoms with E-state index in [2.05, 4.69) is 17.7 Å². The van der Waals surface area contributed by atoms with Crippen molar-refractivity contribution in [3.05, 3.63) is 0 Å². The first-order valence-electron chi connectivity index (χ1n) is 3.58. The minimum atomic E-state index is 0.440. The highest BCUT2D eigenvalue weighted by molar-refractivity contribution is 5.02. The lowest BCUT2D eigenvalue weighted by Gasteiger charge is -2.16. The molecule has 1 saturated heterocycles. The summed E-state index contributed by atoms with van der Waals surface area (Å²) in [5.41, 5.74) is 0. The summed E-state index contributed by atoms with van der Waals surface area (Å²) in [5.74, 6) is 2.79. The summed E-state index contributed by atoms with van der Waals surface area (Å²) in [6.07, 6.45) is 7.79. The Morgan fingerprint density at radius 1 is 1.78 bits per heavy atom. The normalized spacial score (nSPS) is 28.2. The summed E-state index contributed by atoms with van der Waals surface area (Å²) in [5, 5.41) is 0. The van der Waals surface area contributed by atoms with Gasteiger partial charge in [-0.2, -0.15) is 0 Å². The van der Waals surface area contributed by atoms with Gasteiger partial charge in [0.2, 0.25) is 0 Å². The van der Waals surface area contributed by atoms with E-state index in [-0.39, 0.29) is 0 Å². The largest absolute Gasteiger partial charge is 0.290 e. The lowest BCUT2D eigenvalue weighted by Crippen LogP contribution is -2.27. The summed E-state index contributed by atoms with van der Waals surface area (Å²) in [4.78, 5) is 2.35. The van der Waals surface area contributed by atoms with Gasteiger partial charge in [-0.3, -0.25) is 4.90 Å². The van der Waals surface area contributed by atoms with E-state index in [9.17, 15) is 0 Å². The Labute approximate surface area is 57.0 Å². The van der Waals surface area contributed by atoms with E-state index in [1.807, 2.05) is 0 Å². The Morgan fingerprint density at radius 3 is 3.00 bits per heavy atom. The maximum Gasteiger partial charge on any atom is 0.0712 e. The van der Waals surface area contributed by atoms with E-state index in [4.69, 9.17) is 6.42 Å². The Morgan fingerprint density at radius 2 is 2.56 bits per heavy atom. The van der Waals surface area contributed by atoms with Gasteiger partial charge in [-0.25, -0.2) is 0 Å². The maximum atomic E-state index is 5.31. The van der Waals surface area contributed by atoms with Gasteiger partial charge in [-0.15, -0.1) is 6.42 Å². The van der Waals surface area contributed by atoms with Crippen LogP contribution >= 0.6 is 0 Å². The minimum absolute atomic E-state index is 0.440. The molecule has 0 radical (unpaired) electrons. The molecular weight excluding hydrogens is 110 g/mol. The van der Waals surface area contributed by atoms with Gasteiger partial charge in [-0.05, 0) is 25.9 Å². The SMILES string of the molecule is C#CC1CCCN1CC. The molecule has 0 N–H and O–H groups in total. The van der Waals surface area contributed by atoms with Gasteiger partial charge < -0.3 is 0 Å². The second-order valence-corrected chi connectivity index (χ2v) is 2.45. The number of hydrogen-bond donors (Lipinski definition) is 0. The van der Waals surface area contributed by atoms with Crippen LogP contribution in [0.4, 0.5) is 0 Å². The quantitative estimate of drug-likeness (QED) is 0.472. The molecule has 0 aromatic rings. The summed E-state index contributed by atoms with van der Waals surface area (Å²) in [7, 11) is 0. The van der Waals surface area contributed by atoms with E-state index < -0.39 is 0 Å². The monoisotopic (exact) mass is 123 g/mol. The van der Waals surface area contributed by atoms with Crippen LogP contribution in [0.1, 0.15) is 19.8 Å². The van der Waals surface area contributed by atoms with Crippen molar-refractivity contribution >= 4 is 0 Å². The predicted octanol–water partition coefficient (Wildman–Crippen LogP) is 1.10. The molecule has 0 aromatic heterocycles. The van der Waals surface area contributed by atoms with E-state index in [0.717, 1.165) is 6.54 Å². The maximum absolute atomic E-state index is 5.31. The molecule has 0 amide bonds. The summed E-state index contributed by atoms with van der Waals surface area (Å²) in [6.45, 7) is 4.47. The van der Waals surface area contributed by atoms with Crippen LogP contribution in [0.15, 0.2) is 0 Å². The van der Waals surface area contributed by atoms with Crippen LogP contribution in [0, 0.1) is 12.3 Å². The van der Waals surface area contributed by atoms with Gasteiger partial charge in [-0.1, -0.05) is 12.8 Å². The van der Waals surface area contributed by atoms with Crippen LogP contribution in [0.2, 0.25) is 0 Å². The zero-order chi connectivity index (χ0) is 6.69. The Kier molecular flexibility index (Phi) is 2.13. The molecule has 1 atom stereocenters. The Bertz CT molecular complexity index is 123. The van der Waals surface area contributed by atoms with Crippen molar-refractivity contribution in [3.63, 3.8) is 0 Å². The molecule has 0 aromatic carbocycles. The number of rotatable bonds is 1. The summed E-state index contributed by atoms with van der Waals surface area (Å²) >= 11 is 0. The molecule has 50 valence electrons. The molecule has 1 aliphatic heterocycles. The fourth-order valence-electron chi connectivity index (χ4n) is 1.39. The molecule has 1 rings (SSSR count). The molecule has 0 saturated carbocycles. The first-order valence-corrected chi connectivity index (χ1v) is 3.58. The van der Waals surface area contributed by atoms with Crippen molar-refractivity contribution in [2.75, 3.05) is 13.1 Å². The lowest BCUT2D eigenvalue weighted by atomic mass is 10.2. The van der Waals surface area contributed by atoms with Crippen molar-refractivity contribution in [3.8, 4) is 12.3 Å². The Hall–Kier alpha value is -0.480. The molecule has 1 heteroatoms. The van der Waals surface area contributed by atoms with E-state index >= 15 is 0 Å². The predicted molar refractivity (Wildman–Crippen MR) is 39.1 cm³/mol. The average molecular weight is 123 g/mol. The second-order valence-electron chi connectivity index (χ2n) is 2.45. The first-order chi connectivity index (χ1) is 4.38. The van der Waals surface area contributed by atoms with Crippen LogP contribution in [0.25, 0.3) is 0 Å². The molecule has 0 bridgehead atoms. The molecule has 1 aliphatic rings. The van der Waals surface area contributed by atoms with Crippen LogP contribution in [0.3, 0.4) is 0 Å². The van der Waals surface area contributed by atoms with E-state index in [0.29, 0.717) is 6.04 Å². The smallest absolute Gasteiger partial charge is 0.0712 e. The lowest BCUT2D eigenvalue weighted by molar-refractivity contribution is 0.313. The molecule has 0 aliphatic carbocycles. The van der Waals surface area contributed by atoms with Gasteiger partial charge in [0, 0.05) is 0 Å². The van der Waals surface area contributed by atoms with Gasteiger partial charge in [0.1, 0.15) is 0 Å². The third kappa shape index (κ3) is 1.25. The van der Waals surface area contributed by atoms with E-state index in [1.54, 1.807) is 0 Å². The minimum Gasteiger partial charge on any atom is -0.290 e. The highest BCUT2D eigenvalue weighted by Crippen LogP contribution is 2.14. The molecule has 1 unspecified atom stereocenters. The number of nitrogens with zero attached hydrogens (tertiary/aromatic N) is 1. The molecule has 0 spiro atoms. The van der Waals surface area contributed by atoms with Gasteiger partial charge in [0.05, 0.1) is 6.04 Å². The van der Waals surface area contributed by atoms with E-state index in [1.165, 1.54) is 19.4 Å². The highest BCUT2D eigenvalue weighted by Gasteiger charge is 2.19. The summed E-state index contributed by atoms with van der Waals surface area (Å²) < 4.78 is 0. The van der Waals surface area contributed by atoms with Crippen molar-refractivity contribution in [2.24, 2.45) is 0 Å². The second kappa shape index (κ2) is 2.89. The molecular formula is C8H13N. The Balaban J connectivity index is 2.44. The van der Waals surface area contributed by atoms with Gasteiger partial charge in [0.15, 0.2) is 0 Å². The van der Waals surface area contributed by atoms with Crippen LogP contribution in [-0.4, -0.2) is 24.0 Å². The fraction of sp³-hybridized carbons (Fsp3) is 0.750. The third-order valence-corrected chi connectivity index (χ3v) is 1.96. The molecule has 1 heterocycles. The van der Waals surface area contributed by atoms with Crippen molar-refractivity contribution in [1.29, 1.82) is 0 Å². The zero-order valence-electron chi connectivity index (χ0n) is 5.93. The molecule has 9 heavy (non-hydrogen) atoms. The fourth-order valence-corrected chi connectivity index (χ4v) is 1.39. The average Bonchev–Trinajstić information content (AvgIpc) is 2.33. The molecule has 1 nitrogen and oxygen atoms in total. The van der Waals surface area contributed by atoms with Crippen LogP contribution < -0.4 is 0 Å². The van der Waals surface area contributed by atoms with Crippen molar-refractivity contribution in [1.82, 2.24) is 4.90 Å². The van der Waals surface area contributed by atoms with Crippen molar-refractivity contribution in [2.45, 2.75) is 25.8 Å². The number of terminal acetylenes is 1. The zero-order valence-corrected chi connectivity index (χ0v) is 5.93. The van der Waals surface area contributed by atoms with Crippen LogP contribution in [-0.2, 0) is 0 Å². The number of likely N-dealkylation sites (tertiary alicyclic amines) is 1. The molecule has 1 fully saturated rings. The van der Waals surface area contributed by atoms with Crippen molar-refractivity contribution < 1.29 is 0 Å². The standard InChI is InChI=1S/C8H13N/c1-3-8-6-5-7-9(8)4-2/h1,8H,4-7H2,2H3. The van der Waals surface area contributed by atoms with Gasteiger partial charge in [0.25, 0.3) is 0 Å². The van der Waals surface area contributed by atoms with Crippen LogP contribution in [0.5, 0.6) is 0 Å². The number of hydrogen-bond acceptors (Lipinski definition) is 1. The highest BCUT2D eigenvalue weighted by atomic mass is 15.2.